The molecule has 2 heterocycles. The molecule has 13 heteroatoms. The van der Waals surface area contributed by atoms with Gasteiger partial charge < -0.3 is 34.7 Å². The minimum absolute atomic E-state index is 0.00647. The van der Waals surface area contributed by atoms with Crippen molar-refractivity contribution in [1.82, 2.24) is 14.5 Å². The van der Waals surface area contributed by atoms with Crippen LogP contribution in [-0.4, -0.2) is 36.6 Å². The number of hydrogen-bond donors (Lipinski definition) is 4. The number of aromatic hydroxyl groups is 1. The van der Waals surface area contributed by atoms with E-state index in [1.54, 1.807) is 54.3 Å². The molecule has 0 fully saturated rings. The van der Waals surface area contributed by atoms with Gasteiger partial charge in [0, 0.05) is 37.0 Å². The Labute approximate surface area is 249 Å². The summed E-state index contributed by atoms with van der Waals surface area (Å²) in [4.78, 5) is 19.2. The molecule has 5 N–H and O–H groups in total. The second kappa shape index (κ2) is 12.5. The van der Waals surface area contributed by atoms with Crippen molar-refractivity contribution >= 4 is 11.8 Å². The van der Waals surface area contributed by atoms with Crippen molar-refractivity contribution in [3.63, 3.8) is 0 Å². The molecular weight excluding hydrogens is 576 g/mol. The van der Waals surface area contributed by atoms with E-state index in [9.17, 15) is 9.90 Å². The molecular formula is C31H25F2N5O6. The largest absolute Gasteiger partial charge is 0.504 e. The summed E-state index contributed by atoms with van der Waals surface area (Å²) in [6, 6.07) is 16.4. The van der Waals surface area contributed by atoms with Gasteiger partial charge in [0.25, 0.3) is 11.8 Å². The van der Waals surface area contributed by atoms with Crippen molar-refractivity contribution in [2.24, 2.45) is 12.8 Å². The minimum atomic E-state index is -1.36. The van der Waals surface area contributed by atoms with E-state index in [0.29, 0.717) is 17.0 Å². The van der Waals surface area contributed by atoms with Gasteiger partial charge >= 0.3 is 5.97 Å². The van der Waals surface area contributed by atoms with Crippen molar-refractivity contribution in [2.45, 2.75) is 12.8 Å². The van der Waals surface area contributed by atoms with Crippen LogP contribution in [0.25, 0.3) is 11.4 Å². The Bertz CT molecular complexity index is 1880. The SMILES string of the molecule is Cn1ccnc1-c1cccc(Oc2nc(Oc3cc(C(=N)N)ccc3O)c(F)c(Oc3cccc(CCC(=O)O)c3)c2F)c1. The third-order valence-electron chi connectivity index (χ3n) is 6.33. The van der Waals surface area contributed by atoms with Crippen LogP contribution in [0.15, 0.2) is 79.1 Å². The molecule has 0 unspecified atom stereocenters. The molecule has 0 saturated heterocycles. The fraction of sp³-hybridized carbons (Fsp3) is 0.0968. The van der Waals surface area contributed by atoms with E-state index < -0.39 is 40.9 Å². The molecule has 3 aromatic carbocycles. The van der Waals surface area contributed by atoms with Gasteiger partial charge in [0.05, 0.1) is 0 Å². The Morgan fingerprint density at radius 3 is 2.36 bits per heavy atom. The number of carbonyl (C=O) groups is 1. The Morgan fingerprint density at radius 1 is 0.977 bits per heavy atom. The third kappa shape index (κ3) is 6.57. The van der Waals surface area contributed by atoms with Gasteiger partial charge in [-0.15, -0.1) is 0 Å². The summed E-state index contributed by atoms with van der Waals surface area (Å²) in [7, 11) is 1.80. The van der Waals surface area contributed by atoms with E-state index in [1.165, 1.54) is 36.4 Å². The summed E-state index contributed by atoms with van der Waals surface area (Å²) in [5.74, 6) is -6.45. The van der Waals surface area contributed by atoms with Crippen LogP contribution in [0.5, 0.6) is 40.5 Å². The number of phenols is 1. The van der Waals surface area contributed by atoms with Crippen LogP contribution in [0.3, 0.4) is 0 Å². The normalized spacial score (nSPS) is 10.8. The zero-order valence-corrected chi connectivity index (χ0v) is 23.1. The molecule has 0 bridgehead atoms. The predicted molar refractivity (Wildman–Crippen MR) is 155 cm³/mol. The molecule has 0 amide bonds. The Morgan fingerprint density at radius 2 is 1.68 bits per heavy atom. The molecule has 11 nitrogen and oxygen atoms in total. The number of nitrogens with zero attached hydrogens (tertiary/aromatic N) is 3. The van der Waals surface area contributed by atoms with E-state index in [2.05, 4.69) is 9.97 Å². The van der Waals surface area contributed by atoms with E-state index in [4.69, 9.17) is 30.5 Å². The summed E-state index contributed by atoms with van der Waals surface area (Å²) in [5, 5.41) is 27.0. The van der Waals surface area contributed by atoms with Crippen LogP contribution in [0, 0.1) is 17.0 Å². The zero-order chi connectivity index (χ0) is 31.4. The smallest absolute Gasteiger partial charge is 0.303 e. The number of aryl methyl sites for hydroxylation is 2. The Balaban J connectivity index is 1.56. The topological polar surface area (TPSA) is 166 Å². The van der Waals surface area contributed by atoms with E-state index in [1.807, 2.05) is 0 Å². The van der Waals surface area contributed by atoms with Crippen molar-refractivity contribution in [1.29, 1.82) is 5.41 Å². The number of nitrogens with one attached hydrogen (secondary N) is 1. The minimum Gasteiger partial charge on any atom is -0.504 e. The number of rotatable bonds is 11. The molecule has 0 aliphatic rings. The average Bonchev–Trinajstić information content (AvgIpc) is 3.43. The maximum absolute atomic E-state index is 15.9. The van der Waals surface area contributed by atoms with Crippen molar-refractivity contribution < 1.29 is 38.0 Å². The molecule has 0 radical (unpaired) electrons. The number of phenolic OH excluding ortho intramolecular Hbond substituents is 1. The van der Waals surface area contributed by atoms with E-state index in [0.717, 1.165) is 0 Å². The number of nitrogens with two attached hydrogens (primary N) is 1. The lowest BCUT2D eigenvalue weighted by atomic mass is 10.1. The van der Waals surface area contributed by atoms with Gasteiger partial charge in [-0.3, -0.25) is 10.2 Å². The molecule has 0 atom stereocenters. The van der Waals surface area contributed by atoms with Crippen LogP contribution in [0.1, 0.15) is 17.5 Å². The van der Waals surface area contributed by atoms with Gasteiger partial charge in [-0.1, -0.05) is 24.3 Å². The lowest BCUT2D eigenvalue weighted by Crippen LogP contribution is -2.11. The van der Waals surface area contributed by atoms with Crippen LogP contribution in [-0.2, 0) is 18.3 Å². The average molecular weight is 602 g/mol. The van der Waals surface area contributed by atoms with E-state index in [-0.39, 0.29) is 41.5 Å². The lowest BCUT2D eigenvalue weighted by Gasteiger charge is -2.16. The second-order valence-corrected chi connectivity index (χ2v) is 9.51. The second-order valence-electron chi connectivity index (χ2n) is 9.51. The van der Waals surface area contributed by atoms with Gasteiger partial charge in [0.15, 0.2) is 11.5 Å². The van der Waals surface area contributed by atoms with Crippen LogP contribution in [0.2, 0.25) is 0 Å². The van der Waals surface area contributed by atoms with Gasteiger partial charge in [0.2, 0.25) is 17.4 Å². The number of aliphatic carboxylic acids is 1. The maximum Gasteiger partial charge on any atom is 0.303 e. The van der Waals surface area contributed by atoms with Crippen LogP contribution in [0.4, 0.5) is 8.78 Å². The lowest BCUT2D eigenvalue weighted by molar-refractivity contribution is -0.136. The number of hydrogen-bond acceptors (Lipinski definition) is 8. The van der Waals surface area contributed by atoms with Crippen LogP contribution < -0.4 is 19.9 Å². The third-order valence-corrected chi connectivity index (χ3v) is 6.33. The Kier molecular flexibility index (Phi) is 8.37. The first-order valence-electron chi connectivity index (χ1n) is 13.1. The standard InChI is InChI=1S/C31H25F2N5O6/c1-38-13-12-36-29(38)19-5-3-7-21(15-19)43-30-25(32)27(42-20-6-2-4-17(14-20)8-11-24(40)41)26(33)31(37-30)44-23-16-18(28(34)35)9-10-22(23)39/h2-7,9-10,12-16,39H,8,11H2,1H3,(H3,34,35)(H,40,41). The van der Waals surface area contributed by atoms with E-state index >= 15 is 8.78 Å². The number of ether oxygens (including phenoxy) is 3. The quantitative estimate of drug-likeness (QED) is 0.103. The molecule has 0 aliphatic carbocycles. The van der Waals surface area contributed by atoms with Crippen molar-refractivity contribution in [2.75, 3.05) is 0 Å². The first kappa shape index (κ1) is 29.5. The van der Waals surface area contributed by atoms with Gasteiger partial charge in [0.1, 0.15) is 23.2 Å². The predicted octanol–water partition coefficient (Wildman–Crippen LogP) is 6.14. The number of imidazole rings is 1. The number of nitrogen functional groups attached to an aromatic ring is 1. The fourth-order valence-corrected chi connectivity index (χ4v) is 4.16. The molecule has 0 aliphatic heterocycles. The van der Waals surface area contributed by atoms with Gasteiger partial charge in [-0.05, 0) is 54.4 Å². The highest BCUT2D eigenvalue weighted by Gasteiger charge is 2.27. The molecule has 44 heavy (non-hydrogen) atoms. The molecule has 5 rings (SSSR count). The zero-order valence-electron chi connectivity index (χ0n) is 23.1. The molecule has 224 valence electrons. The first-order valence-corrected chi connectivity index (χ1v) is 13.1. The number of amidine groups is 1. The molecule has 0 spiro atoms. The number of benzene rings is 3. The summed E-state index contributed by atoms with van der Waals surface area (Å²) >= 11 is 0. The molecule has 0 saturated carbocycles. The number of aromatic nitrogens is 3. The number of carboxylic acids is 1. The highest BCUT2D eigenvalue weighted by atomic mass is 19.1. The van der Waals surface area contributed by atoms with Gasteiger partial charge in [-0.25, -0.2) is 4.98 Å². The number of carboxylic acid groups (broad SMARTS) is 1. The highest BCUT2D eigenvalue weighted by molar-refractivity contribution is 5.95. The van der Waals surface area contributed by atoms with Gasteiger partial charge in [-0.2, -0.15) is 13.8 Å². The summed E-state index contributed by atoms with van der Waals surface area (Å²) < 4.78 is 50.4. The highest BCUT2D eigenvalue weighted by Crippen LogP contribution is 2.41. The molecule has 5 aromatic rings. The van der Waals surface area contributed by atoms with Crippen LogP contribution >= 0.6 is 0 Å². The summed E-state index contributed by atoms with van der Waals surface area (Å²) in [5.41, 5.74) is 6.90. The number of halogens is 2. The molecule has 2 aromatic heterocycles. The maximum atomic E-state index is 15.9. The van der Waals surface area contributed by atoms with Crippen molar-refractivity contribution in [3.8, 4) is 51.9 Å². The monoisotopic (exact) mass is 601 g/mol. The fourth-order valence-electron chi connectivity index (χ4n) is 4.16. The summed E-state index contributed by atoms with van der Waals surface area (Å²) in [6.45, 7) is 0. The first-order chi connectivity index (χ1) is 21.1. The van der Waals surface area contributed by atoms with Crippen molar-refractivity contribution in [3.05, 3.63) is 102 Å². The number of pyridine rings is 1. The summed E-state index contributed by atoms with van der Waals surface area (Å²) in [6.07, 6.45) is 3.38. The Hall–Kier alpha value is -5.98.